The fourth-order valence-electron chi connectivity index (χ4n) is 2.38. The predicted molar refractivity (Wildman–Crippen MR) is 90.4 cm³/mol. The highest BCUT2D eigenvalue weighted by molar-refractivity contribution is 5.92. The first-order valence-corrected chi connectivity index (χ1v) is 7.38. The van der Waals surface area contributed by atoms with Crippen LogP contribution in [0.1, 0.15) is 43.9 Å². The molecule has 1 amide bonds. The topological polar surface area (TPSA) is 59.8 Å². The van der Waals surface area contributed by atoms with Gasteiger partial charge in [0.1, 0.15) is 5.82 Å². The van der Waals surface area contributed by atoms with Gasteiger partial charge in [-0.05, 0) is 37.5 Å². The average Bonchev–Trinajstić information content (AvgIpc) is 2.83. The van der Waals surface area contributed by atoms with E-state index in [1.165, 1.54) is 0 Å². The number of amides is 1. The average molecular weight is 323 g/mol. The summed E-state index contributed by atoms with van der Waals surface area (Å²) in [7, 11) is 0. The van der Waals surface area contributed by atoms with Crippen LogP contribution >= 0.6 is 12.4 Å². The van der Waals surface area contributed by atoms with Crippen molar-refractivity contribution in [3.05, 3.63) is 41.9 Å². The van der Waals surface area contributed by atoms with Gasteiger partial charge in [0.15, 0.2) is 0 Å². The SMILES string of the molecule is CCC(CC)n1ncc(C)c1NC(=O)Cc1ccncc1.Cl. The van der Waals surface area contributed by atoms with E-state index in [0.29, 0.717) is 12.5 Å². The van der Waals surface area contributed by atoms with Crippen LogP contribution in [0.2, 0.25) is 0 Å². The Morgan fingerprint density at radius 3 is 2.50 bits per heavy atom. The van der Waals surface area contributed by atoms with E-state index in [2.05, 4.69) is 29.2 Å². The van der Waals surface area contributed by atoms with Crippen LogP contribution < -0.4 is 5.32 Å². The van der Waals surface area contributed by atoms with Gasteiger partial charge in [-0.2, -0.15) is 5.10 Å². The van der Waals surface area contributed by atoms with Crippen LogP contribution in [-0.2, 0) is 11.2 Å². The number of hydrogen-bond acceptors (Lipinski definition) is 3. The third kappa shape index (κ3) is 4.31. The van der Waals surface area contributed by atoms with Crippen molar-refractivity contribution >= 4 is 24.1 Å². The van der Waals surface area contributed by atoms with Crippen LogP contribution in [0.15, 0.2) is 30.7 Å². The monoisotopic (exact) mass is 322 g/mol. The normalized spacial score (nSPS) is 10.4. The molecule has 0 unspecified atom stereocenters. The Hall–Kier alpha value is -1.88. The Kier molecular flexibility index (Phi) is 7.05. The second-order valence-corrected chi connectivity index (χ2v) is 5.17. The number of aromatic nitrogens is 3. The highest BCUT2D eigenvalue weighted by Crippen LogP contribution is 2.23. The molecule has 5 nitrogen and oxygen atoms in total. The van der Waals surface area contributed by atoms with Gasteiger partial charge in [-0.1, -0.05) is 13.8 Å². The zero-order valence-corrected chi connectivity index (χ0v) is 14.1. The van der Waals surface area contributed by atoms with Gasteiger partial charge in [0.2, 0.25) is 5.91 Å². The predicted octanol–water partition coefficient (Wildman–Crippen LogP) is 3.55. The van der Waals surface area contributed by atoms with Crippen molar-refractivity contribution < 1.29 is 4.79 Å². The summed E-state index contributed by atoms with van der Waals surface area (Å²) < 4.78 is 1.93. The lowest BCUT2D eigenvalue weighted by molar-refractivity contribution is -0.115. The van der Waals surface area contributed by atoms with Crippen molar-refractivity contribution in [2.45, 2.75) is 46.1 Å². The van der Waals surface area contributed by atoms with E-state index in [0.717, 1.165) is 29.8 Å². The van der Waals surface area contributed by atoms with Gasteiger partial charge in [-0.25, -0.2) is 4.68 Å². The summed E-state index contributed by atoms with van der Waals surface area (Å²) in [5.41, 5.74) is 1.94. The third-order valence-corrected chi connectivity index (χ3v) is 3.64. The molecule has 0 aliphatic carbocycles. The number of hydrogen-bond donors (Lipinski definition) is 1. The summed E-state index contributed by atoms with van der Waals surface area (Å²) >= 11 is 0. The molecule has 6 heteroatoms. The van der Waals surface area contributed by atoms with Crippen molar-refractivity contribution in [3.8, 4) is 0 Å². The molecule has 0 aromatic carbocycles. The van der Waals surface area contributed by atoms with Crippen LogP contribution in [0.4, 0.5) is 5.82 Å². The van der Waals surface area contributed by atoms with Crippen LogP contribution in [0.3, 0.4) is 0 Å². The molecule has 0 saturated carbocycles. The van der Waals surface area contributed by atoms with E-state index in [1.54, 1.807) is 18.6 Å². The molecular weight excluding hydrogens is 300 g/mol. The largest absolute Gasteiger partial charge is 0.310 e. The Labute approximate surface area is 137 Å². The Morgan fingerprint density at radius 2 is 1.91 bits per heavy atom. The first kappa shape index (κ1) is 18.2. The number of nitrogens with zero attached hydrogens (tertiary/aromatic N) is 3. The van der Waals surface area contributed by atoms with E-state index in [-0.39, 0.29) is 18.3 Å². The second-order valence-electron chi connectivity index (χ2n) is 5.17. The summed E-state index contributed by atoms with van der Waals surface area (Å²) in [6.45, 7) is 6.23. The standard InChI is InChI=1S/C16H22N4O.ClH/c1-4-14(5-2)20-16(12(3)11-18-20)19-15(21)10-13-6-8-17-9-7-13;/h6-9,11,14H,4-5,10H2,1-3H3,(H,19,21);1H. The molecule has 2 rings (SSSR count). The maximum atomic E-state index is 12.2. The molecule has 0 bridgehead atoms. The van der Waals surface area contributed by atoms with Gasteiger partial charge in [-0.15, -0.1) is 12.4 Å². The summed E-state index contributed by atoms with van der Waals surface area (Å²) in [4.78, 5) is 16.2. The van der Waals surface area contributed by atoms with Gasteiger partial charge >= 0.3 is 0 Å². The number of carbonyl (C=O) groups excluding carboxylic acids is 1. The number of nitrogens with one attached hydrogen (secondary N) is 1. The van der Waals surface area contributed by atoms with Crippen molar-refractivity contribution in [3.63, 3.8) is 0 Å². The molecule has 0 aliphatic rings. The zero-order chi connectivity index (χ0) is 15.2. The van der Waals surface area contributed by atoms with E-state index >= 15 is 0 Å². The lowest BCUT2D eigenvalue weighted by atomic mass is 10.1. The lowest BCUT2D eigenvalue weighted by Gasteiger charge is -2.17. The fourth-order valence-corrected chi connectivity index (χ4v) is 2.38. The minimum Gasteiger partial charge on any atom is -0.310 e. The molecule has 2 aromatic heterocycles. The number of carbonyl (C=O) groups is 1. The Balaban J connectivity index is 0.00000242. The molecule has 0 atom stereocenters. The minimum atomic E-state index is -0.0305. The minimum absolute atomic E-state index is 0. The number of rotatable bonds is 6. The van der Waals surface area contributed by atoms with Gasteiger partial charge < -0.3 is 5.32 Å². The molecule has 2 heterocycles. The molecule has 0 fully saturated rings. The molecule has 120 valence electrons. The van der Waals surface area contributed by atoms with Gasteiger partial charge in [0.05, 0.1) is 18.7 Å². The van der Waals surface area contributed by atoms with E-state index in [4.69, 9.17) is 0 Å². The molecule has 0 saturated heterocycles. The fraction of sp³-hybridized carbons (Fsp3) is 0.438. The first-order valence-electron chi connectivity index (χ1n) is 7.38. The van der Waals surface area contributed by atoms with Gasteiger partial charge in [0, 0.05) is 18.0 Å². The van der Waals surface area contributed by atoms with E-state index < -0.39 is 0 Å². The van der Waals surface area contributed by atoms with E-state index in [9.17, 15) is 4.79 Å². The Bertz CT molecular complexity index is 593. The molecule has 0 radical (unpaired) electrons. The maximum Gasteiger partial charge on any atom is 0.229 e. The molecule has 0 spiro atoms. The van der Waals surface area contributed by atoms with Gasteiger partial charge in [0.25, 0.3) is 0 Å². The van der Waals surface area contributed by atoms with E-state index in [1.807, 2.05) is 23.7 Å². The maximum absolute atomic E-state index is 12.2. The number of halogens is 1. The zero-order valence-electron chi connectivity index (χ0n) is 13.2. The number of pyridine rings is 1. The van der Waals surface area contributed by atoms with Crippen LogP contribution in [0, 0.1) is 6.92 Å². The third-order valence-electron chi connectivity index (χ3n) is 3.64. The summed E-state index contributed by atoms with van der Waals surface area (Å²) in [6, 6.07) is 4.02. The highest BCUT2D eigenvalue weighted by atomic mass is 35.5. The summed E-state index contributed by atoms with van der Waals surface area (Å²) in [6.07, 6.45) is 7.52. The first-order chi connectivity index (χ1) is 10.2. The van der Waals surface area contributed by atoms with Crippen LogP contribution in [0.5, 0.6) is 0 Å². The van der Waals surface area contributed by atoms with Gasteiger partial charge in [-0.3, -0.25) is 9.78 Å². The van der Waals surface area contributed by atoms with Crippen LogP contribution in [0.25, 0.3) is 0 Å². The smallest absolute Gasteiger partial charge is 0.229 e. The summed E-state index contributed by atoms with van der Waals surface area (Å²) in [5, 5.41) is 7.41. The van der Waals surface area contributed by atoms with Crippen molar-refractivity contribution in [1.29, 1.82) is 0 Å². The quantitative estimate of drug-likeness (QED) is 0.884. The van der Waals surface area contributed by atoms with Crippen molar-refractivity contribution in [2.24, 2.45) is 0 Å². The molecule has 22 heavy (non-hydrogen) atoms. The Morgan fingerprint density at radius 1 is 1.27 bits per heavy atom. The summed E-state index contributed by atoms with van der Waals surface area (Å²) in [5.74, 6) is 0.778. The number of aryl methyl sites for hydroxylation is 1. The van der Waals surface area contributed by atoms with Crippen molar-refractivity contribution in [2.75, 3.05) is 5.32 Å². The molecule has 2 aromatic rings. The second kappa shape index (κ2) is 8.54. The lowest BCUT2D eigenvalue weighted by Crippen LogP contribution is -2.20. The van der Waals surface area contributed by atoms with Crippen molar-refractivity contribution in [1.82, 2.24) is 14.8 Å². The van der Waals surface area contributed by atoms with Crippen LogP contribution in [-0.4, -0.2) is 20.7 Å². The molecular formula is C16H23ClN4O. The highest BCUT2D eigenvalue weighted by Gasteiger charge is 2.16. The number of anilines is 1. The molecule has 1 N–H and O–H groups in total. The molecule has 0 aliphatic heterocycles.